The normalized spacial score (nSPS) is 10.9. The van der Waals surface area contributed by atoms with Gasteiger partial charge in [-0.3, -0.25) is 4.79 Å². The number of rotatable bonds is 7. The van der Waals surface area contributed by atoms with Gasteiger partial charge in [-0.05, 0) is 44.2 Å². The second kappa shape index (κ2) is 9.27. The Hall–Kier alpha value is -3.24. The second-order valence-corrected chi connectivity index (χ2v) is 8.80. The quantitative estimate of drug-likeness (QED) is 0.326. The molecule has 2 aromatic heterocycles. The molecule has 4 aromatic rings. The third kappa shape index (κ3) is 4.92. The van der Waals surface area contributed by atoms with Gasteiger partial charge in [-0.1, -0.05) is 53.9 Å². The van der Waals surface area contributed by atoms with E-state index in [1.807, 2.05) is 74.5 Å². The molecule has 0 saturated heterocycles. The van der Waals surface area contributed by atoms with E-state index >= 15 is 0 Å². The summed E-state index contributed by atoms with van der Waals surface area (Å²) < 4.78 is 2.97. The van der Waals surface area contributed by atoms with Crippen LogP contribution in [0.2, 0.25) is 0 Å². The van der Waals surface area contributed by atoms with Gasteiger partial charge >= 0.3 is 0 Å². The lowest BCUT2D eigenvalue weighted by atomic mass is 10.3. The summed E-state index contributed by atoms with van der Waals surface area (Å²) in [6, 6.07) is 19.7. The molecular weight excluding hydrogens is 430 g/mol. The van der Waals surface area contributed by atoms with Crippen molar-refractivity contribution in [1.82, 2.24) is 24.7 Å². The number of benzene rings is 2. The van der Waals surface area contributed by atoms with Crippen molar-refractivity contribution < 1.29 is 4.79 Å². The lowest BCUT2D eigenvalue weighted by Crippen LogP contribution is -2.19. The molecule has 2 heterocycles. The highest BCUT2D eigenvalue weighted by molar-refractivity contribution is 8.00. The Bertz CT molecular complexity index is 1200. The van der Waals surface area contributed by atoms with Crippen molar-refractivity contribution in [3.05, 3.63) is 72.1 Å². The first-order valence-electron chi connectivity index (χ1n) is 9.50. The molecule has 0 bridgehead atoms. The molecule has 0 saturated carbocycles. The SMILES string of the molecule is Cc1cc(C)n(-c2nnc(SCC(=O)Nc3ccccc3Sc3ccccc3)n2N)n1. The number of aryl methyl sites for hydroxylation is 2. The van der Waals surface area contributed by atoms with Crippen LogP contribution in [0.4, 0.5) is 5.69 Å². The Labute approximate surface area is 188 Å². The molecule has 31 heavy (non-hydrogen) atoms. The number of hydrogen-bond acceptors (Lipinski definition) is 7. The number of anilines is 1. The number of para-hydroxylation sites is 1. The molecule has 158 valence electrons. The second-order valence-electron chi connectivity index (χ2n) is 6.74. The number of nitrogens with two attached hydrogens (primary N) is 1. The lowest BCUT2D eigenvalue weighted by molar-refractivity contribution is -0.113. The monoisotopic (exact) mass is 451 g/mol. The number of nitrogen functional groups attached to an aromatic ring is 1. The minimum atomic E-state index is -0.151. The maximum atomic E-state index is 12.6. The molecule has 0 aliphatic rings. The molecule has 3 N–H and O–H groups in total. The molecule has 8 nitrogen and oxygen atoms in total. The topological polar surface area (TPSA) is 104 Å². The first kappa shape index (κ1) is 21.0. The fourth-order valence-electron chi connectivity index (χ4n) is 2.93. The van der Waals surface area contributed by atoms with Gasteiger partial charge in [-0.2, -0.15) is 5.10 Å². The number of carbonyl (C=O) groups excluding carboxylic acids is 1. The van der Waals surface area contributed by atoms with Crippen molar-refractivity contribution >= 4 is 35.1 Å². The van der Waals surface area contributed by atoms with Gasteiger partial charge in [-0.25, -0.2) is 9.36 Å². The molecule has 0 atom stereocenters. The van der Waals surface area contributed by atoms with Crippen LogP contribution >= 0.6 is 23.5 Å². The van der Waals surface area contributed by atoms with Gasteiger partial charge in [0.2, 0.25) is 11.1 Å². The summed E-state index contributed by atoms with van der Waals surface area (Å²) in [5.41, 5.74) is 2.53. The van der Waals surface area contributed by atoms with Crippen LogP contribution in [0.1, 0.15) is 11.4 Å². The summed E-state index contributed by atoms with van der Waals surface area (Å²) in [7, 11) is 0. The van der Waals surface area contributed by atoms with E-state index in [1.54, 1.807) is 16.4 Å². The molecular formula is C21H21N7OS2. The molecule has 0 aliphatic carbocycles. The molecule has 0 aliphatic heterocycles. The number of hydrogen-bond donors (Lipinski definition) is 2. The van der Waals surface area contributed by atoms with Crippen molar-refractivity contribution in [2.24, 2.45) is 0 Å². The zero-order valence-corrected chi connectivity index (χ0v) is 18.7. The predicted molar refractivity (Wildman–Crippen MR) is 123 cm³/mol. The van der Waals surface area contributed by atoms with Gasteiger partial charge in [0.05, 0.1) is 17.1 Å². The van der Waals surface area contributed by atoms with E-state index in [2.05, 4.69) is 20.6 Å². The molecule has 0 unspecified atom stereocenters. The molecule has 0 spiro atoms. The van der Waals surface area contributed by atoms with Crippen LogP contribution in [-0.2, 0) is 4.79 Å². The van der Waals surface area contributed by atoms with Crippen LogP contribution < -0.4 is 11.2 Å². The van der Waals surface area contributed by atoms with E-state index in [-0.39, 0.29) is 11.7 Å². The van der Waals surface area contributed by atoms with E-state index in [0.29, 0.717) is 11.1 Å². The number of nitrogens with one attached hydrogen (secondary N) is 1. The van der Waals surface area contributed by atoms with Crippen molar-refractivity contribution in [3.63, 3.8) is 0 Å². The Morgan fingerprint density at radius 3 is 2.55 bits per heavy atom. The Morgan fingerprint density at radius 2 is 1.81 bits per heavy atom. The molecule has 4 rings (SSSR count). The zero-order chi connectivity index (χ0) is 21.8. The van der Waals surface area contributed by atoms with Gasteiger partial charge < -0.3 is 11.2 Å². The van der Waals surface area contributed by atoms with E-state index in [4.69, 9.17) is 5.84 Å². The molecule has 10 heteroatoms. The first-order chi connectivity index (χ1) is 15.0. The van der Waals surface area contributed by atoms with Crippen LogP contribution in [-0.4, -0.2) is 36.3 Å². The summed E-state index contributed by atoms with van der Waals surface area (Å²) in [6.45, 7) is 3.81. The van der Waals surface area contributed by atoms with Crippen LogP contribution in [0.25, 0.3) is 5.95 Å². The van der Waals surface area contributed by atoms with E-state index in [9.17, 15) is 4.79 Å². The Morgan fingerprint density at radius 1 is 1.06 bits per heavy atom. The standard InChI is InChI=1S/C21H21N7OS2/c1-14-12-15(2)28(26-14)20-24-25-21(27(20)22)30-13-19(29)23-17-10-6-7-11-18(17)31-16-8-4-3-5-9-16/h3-12H,13,22H2,1-2H3,(H,23,29). The zero-order valence-electron chi connectivity index (χ0n) is 17.0. The fraction of sp³-hybridized carbons (Fsp3) is 0.143. The highest BCUT2D eigenvalue weighted by Crippen LogP contribution is 2.33. The predicted octanol–water partition coefficient (Wildman–Crippen LogP) is 3.68. The Balaban J connectivity index is 1.41. The number of thioether (sulfide) groups is 1. The maximum Gasteiger partial charge on any atom is 0.271 e. The van der Waals surface area contributed by atoms with Gasteiger partial charge in [0.25, 0.3) is 5.95 Å². The highest BCUT2D eigenvalue weighted by Gasteiger charge is 2.16. The van der Waals surface area contributed by atoms with Crippen molar-refractivity contribution in [2.45, 2.75) is 28.8 Å². The van der Waals surface area contributed by atoms with Gasteiger partial charge in [0.1, 0.15) is 0 Å². The summed E-state index contributed by atoms with van der Waals surface area (Å²) >= 11 is 2.82. The molecule has 2 aromatic carbocycles. The maximum absolute atomic E-state index is 12.6. The van der Waals surface area contributed by atoms with Crippen molar-refractivity contribution in [2.75, 3.05) is 16.9 Å². The van der Waals surface area contributed by atoms with E-state index in [1.165, 1.54) is 16.4 Å². The summed E-state index contributed by atoms with van der Waals surface area (Å²) in [5, 5.41) is 16.0. The van der Waals surface area contributed by atoms with Crippen molar-refractivity contribution in [3.8, 4) is 5.95 Å². The third-order valence-electron chi connectivity index (χ3n) is 4.31. The first-order valence-corrected chi connectivity index (χ1v) is 11.3. The number of nitrogens with zero attached hydrogens (tertiary/aromatic N) is 5. The van der Waals surface area contributed by atoms with Crippen LogP contribution in [0.5, 0.6) is 0 Å². The van der Waals surface area contributed by atoms with Gasteiger partial charge in [-0.15, -0.1) is 10.2 Å². The smallest absolute Gasteiger partial charge is 0.271 e. The van der Waals surface area contributed by atoms with Crippen LogP contribution in [0.3, 0.4) is 0 Å². The average molecular weight is 452 g/mol. The highest BCUT2D eigenvalue weighted by atomic mass is 32.2. The van der Waals surface area contributed by atoms with Crippen LogP contribution in [0, 0.1) is 13.8 Å². The molecule has 1 amide bonds. The third-order valence-corrected chi connectivity index (χ3v) is 6.34. The summed E-state index contributed by atoms with van der Waals surface area (Å²) in [6.07, 6.45) is 0. The largest absolute Gasteiger partial charge is 0.334 e. The van der Waals surface area contributed by atoms with E-state index < -0.39 is 0 Å². The number of amides is 1. The molecule has 0 fully saturated rings. The molecule has 0 radical (unpaired) electrons. The number of carbonyl (C=O) groups is 1. The van der Waals surface area contributed by atoms with E-state index in [0.717, 1.165) is 26.9 Å². The van der Waals surface area contributed by atoms with Crippen LogP contribution in [0.15, 0.2) is 75.6 Å². The summed E-state index contributed by atoms with van der Waals surface area (Å²) in [4.78, 5) is 14.7. The summed E-state index contributed by atoms with van der Waals surface area (Å²) in [5.74, 6) is 6.54. The minimum absolute atomic E-state index is 0.150. The fourth-order valence-corrected chi connectivity index (χ4v) is 4.51. The minimum Gasteiger partial charge on any atom is -0.334 e. The van der Waals surface area contributed by atoms with Gasteiger partial charge in [0, 0.05) is 15.5 Å². The van der Waals surface area contributed by atoms with Crippen molar-refractivity contribution in [1.29, 1.82) is 0 Å². The number of aromatic nitrogens is 5. The average Bonchev–Trinajstić information content (AvgIpc) is 3.29. The Kier molecular flexibility index (Phi) is 6.28. The lowest BCUT2D eigenvalue weighted by Gasteiger charge is -2.10. The van der Waals surface area contributed by atoms with Gasteiger partial charge in [0.15, 0.2) is 0 Å².